The van der Waals surface area contributed by atoms with Crippen molar-refractivity contribution in [1.29, 1.82) is 0 Å². The van der Waals surface area contributed by atoms with E-state index in [0.717, 1.165) is 25.8 Å². The lowest BCUT2D eigenvalue weighted by molar-refractivity contribution is 0.310. The molecule has 1 aromatic rings. The smallest absolute Gasteiger partial charge is 0.329 e. The average Bonchev–Trinajstić information content (AvgIpc) is 2.25. The maximum absolute atomic E-state index is 11.5. The number of rotatable bonds is 1. The second kappa shape index (κ2) is 3.90. The van der Waals surface area contributed by atoms with Crippen LogP contribution in [0.1, 0.15) is 25.4 Å². The summed E-state index contributed by atoms with van der Waals surface area (Å²) < 4.78 is 1.45. The summed E-state index contributed by atoms with van der Waals surface area (Å²) in [6, 6.07) is 0. The van der Waals surface area contributed by atoms with E-state index < -0.39 is 11.2 Å². The number of anilines is 1. The normalized spacial score (nSPS) is 21.5. The number of nitrogen functional groups attached to an aromatic ring is 1. The molecule has 6 heteroatoms. The zero-order valence-corrected chi connectivity index (χ0v) is 8.32. The SMILES string of the molecule is Nc1cn(C2CCCCN2)c(=O)[nH]c1=O. The molecule has 1 aliphatic heterocycles. The molecule has 4 N–H and O–H groups in total. The summed E-state index contributed by atoms with van der Waals surface area (Å²) in [5.41, 5.74) is 4.61. The first kappa shape index (κ1) is 9.97. The average molecular weight is 210 g/mol. The third-order valence-electron chi connectivity index (χ3n) is 2.62. The zero-order chi connectivity index (χ0) is 10.8. The Morgan fingerprint density at radius 3 is 2.87 bits per heavy atom. The van der Waals surface area contributed by atoms with Gasteiger partial charge in [0, 0.05) is 6.20 Å². The molecule has 1 fully saturated rings. The molecule has 0 aliphatic carbocycles. The van der Waals surface area contributed by atoms with Crippen LogP contribution >= 0.6 is 0 Å². The van der Waals surface area contributed by atoms with Gasteiger partial charge in [0.15, 0.2) is 0 Å². The summed E-state index contributed by atoms with van der Waals surface area (Å²) in [6.45, 7) is 0.885. The standard InChI is InChI=1S/C9H14N4O2/c10-6-5-13(9(15)12-8(6)14)7-3-1-2-4-11-7/h5,7,11H,1-4,10H2,(H,12,14,15). The van der Waals surface area contributed by atoms with E-state index in [4.69, 9.17) is 5.73 Å². The largest absolute Gasteiger partial charge is 0.393 e. The van der Waals surface area contributed by atoms with Crippen molar-refractivity contribution >= 4 is 5.69 Å². The molecular formula is C9H14N4O2. The van der Waals surface area contributed by atoms with Gasteiger partial charge in [-0.15, -0.1) is 0 Å². The summed E-state index contributed by atoms with van der Waals surface area (Å²) >= 11 is 0. The lowest BCUT2D eigenvalue weighted by Gasteiger charge is -2.25. The predicted molar refractivity (Wildman–Crippen MR) is 56.6 cm³/mol. The molecule has 15 heavy (non-hydrogen) atoms. The van der Waals surface area contributed by atoms with Crippen LogP contribution in [-0.4, -0.2) is 16.1 Å². The highest BCUT2D eigenvalue weighted by atomic mass is 16.2. The van der Waals surface area contributed by atoms with Gasteiger partial charge in [-0.3, -0.25) is 19.7 Å². The van der Waals surface area contributed by atoms with Gasteiger partial charge in [0.05, 0.1) is 6.17 Å². The second-order valence-electron chi connectivity index (χ2n) is 3.72. The van der Waals surface area contributed by atoms with Gasteiger partial charge in [-0.1, -0.05) is 0 Å². The highest BCUT2D eigenvalue weighted by molar-refractivity contribution is 5.30. The maximum Gasteiger partial charge on any atom is 0.329 e. The Morgan fingerprint density at radius 2 is 2.20 bits per heavy atom. The van der Waals surface area contributed by atoms with Crippen LogP contribution in [0.2, 0.25) is 0 Å². The Kier molecular flexibility index (Phi) is 2.59. The van der Waals surface area contributed by atoms with E-state index in [9.17, 15) is 9.59 Å². The van der Waals surface area contributed by atoms with E-state index in [0.29, 0.717) is 0 Å². The van der Waals surface area contributed by atoms with Gasteiger partial charge in [-0.05, 0) is 25.8 Å². The molecule has 1 unspecified atom stereocenters. The summed E-state index contributed by atoms with van der Waals surface area (Å²) in [5.74, 6) is 0. The molecule has 82 valence electrons. The number of hydrogen-bond donors (Lipinski definition) is 3. The molecule has 0 radical (unpaired) electrons. The topological polar surface area (TPSA) is 92.9 Å². The highest BCUT2D eigenvalue weighted by Gasteiger charge is 2.16. The molecule has 0 bridgehead atoms. The molecule has 6 nitrogen and oxygen atoms in total. The minimum Gasteiger partial charge on any atom is -0.393 e. The first-order valence-corrected chi connectivity index (χ1v) is 5.03. The van der Waals surface area contributed by atoms with E-state index in [2.05, 4.69) is 10.3 Å². The summed E-state index contributed by atoms with van der Waals surface area (Å²) in [7, 11) is 0. The van der Waals surface area contributed by atoms with Crippen molar-refractivity contribution < 1.29 is 0 Å². The second-order valence-corrected chi connectivity index (χ2v) is 3.72. The summed E-state index contributed by atoms with van der Waals surface area (Å²) in [4.78, 5) is 24.8. The van der Waals surface area contributed by atoms with E-state index in [1.807, 2.05) is 0 Å². The van der Waals surface area contributed by atoms with Crippen molar-refractivity contribution in [2.24, 2.45) is 0 Å². The lowest BCUT2D eigenvalue weighted by Crippen LogP contribution is -2.40. The number of piperidine rings is 1. The minimum atomic E-state index is -0.521. The van der Waals surface area contributed by atoms with Crippen molar-refractivity contribution in [3.05, 3.63) is 27.0 Å². The molecule has 1 aliphatic rings. The first-order valence-electron chi connectivity index (χ1n) is 5.03. The van der Waals surface area contributed by atoms with Crippen LogP contribution < -0.4 is 22.3 Å². The summed E-state index contributed by atoms with van der Waals surface area (Å²) in [6.07, 6.45) is 4.42. The predicted octanol–water partition coefficient (Wildman–Crippen LogP) is -0.609. The van der Waals surface area contributed by atoms with Crippen molar-refractivity contribution in [2.45, 2.75) is 25.4 Å². The van der Waals surface area contributed by atoms with Crippen molar-refractivity contribution in [3.63, 3.8) is 0 Å². The molecule has 1 atom stereocenters. The van der Waals surface area contributed by atoms with E-state index in [1.165, 1.54) is 10.8 Å². The van der Waals surface area contributed by atoms with E-state index in [1.54, 1.807) is 0 Å². The van der Waals surface area contributed by atoms with Gasteiger partial charge in [0.2, 0.25) is 0 Å². The fourth-order valence-electron chi connectivity index (χ4n) is 1.80. The van der Waals surface area contributed by atoms with Crippen LogP contribution in [0.3, 0.4) is 0 Å². The molecular weight excluding hydrogens is 196 g/mol. The third kappa shape index (κ3) is 1.94. The highest BCUT2D eigenvalue weighted by Crippen LogP contribution is 2.14. The van der Waals surface area contributed by atoms with Crippen LogP contribution in [0.4, 0.5) is 5.69 Å². The van der Waals surface area contributed by atoms with Crippen LogP contribution in [0.5, 0.6) is 0 Å². The number of aromatic amines is 1. The Balaban J connectivity index is 2.39. The number of nitrogens with two attached hydrogens (primary N) is 1. The van der Waals surface area contributed by atoms with Gasteiger partial charge in [-0.2, -0.15) is 0 Å². The van der Waals surface area contributed by atoms with Gasteiger partial charge in [-0.25, -0.2) is 4.79 Å². The molecule has 0 saturated carbocycles. The third-order valence-corrected chi connectivity index (χ3v) is 2.62. The van der Waals surface area contributed by atoms with Crippen molar-refractivity contribution in [2.75, 3.05) is 12.3 Å². The maximum atomic E-state index is 11.5. The Hall–Kier alpha value is -1.56. The van der Waals surface area contributed by atoms with Crippen molar-refractivity contribution in [3.8, 4) is 0 Å². The number of nitrogens with zero attached hydrogens (tertiary/aromatic N) is 1. The van der Waals surface area contributed by atoms with Gasteiger partial charge in [0.25, 0.3) is 5.56 Å². The minimum absolute atomic E-state index is 0.0506. The monoisotopic (exact) mass is 210 g/mol. The van der Waals surface area contributed by atoms with Gasteiger partial charge < -0.3 is 5.73 Å². The first-order chi connectivity index (χ1) is 7.18. The zero-order valence-electron chi connectivity index (χ0n) is 8.32. The summed E-state index contributed by atoms with van der Waals surface area (Å²) in [5, 5.41) is 3.21. The molecule has 0 amide bonds. The molecule has 2 rings (SSSR count). The van der Waals surface area contributed by atoms with Gasteiger partial charge in [0.1, 0.15) is 5.69 Å². The fraction of sp³-hybridized carbons (Fsp3) is 0.556. The Labute approximate surface area is 86.1 Å². The van der Waals surface area contributed by atoms with E-state index in [-0.39, 0.29) is 11.9 Å². The van der Waals surface area contributed by atoms with Crippen LogP contribution in [0.15, 0.2) is 15.8 Å². The number of nitrogens with one attached hydrogen (secondary N) is 2. The van der Waals surface area contributed by atoms with Crippen LogP contribution in [0, 0.1) is 0 Å². The molecule has 0 spiro atoms. The van der Waals surface area contributed by atoms with Crippen molar-refractivity contribution in [1.82, 2.24) is 14.9 Å². The lowest BCUT2D eigenvalue weighted by atomic mass is 10.1. The fourth-order valence-corrected chi connectivity index (χ4v) is 1.80. The Bertz CT molecular complexity index is 456. The van der Waals surface area contributed by atoms with Crippen LogP contribution in [-0.2, 0) is 0 Å². The van der Waals surface area contributed by atoms with Gasteiger partial charge >= 0.3 is 5.69 Å². The molecule has 0 aromatic carbocycles. The number of hydrogen-bond acceptors (Lipinski definition) is 4. The molecule has 2 heterocycles. The number of aromatic nitrogens is 2. The quantitative estimate of drug-likeness (QED) is 0.576. The van der Waals surface area contributed by atoms with E-state index >= 15 is 0 Å². The van der Waals surface area contributed by atoms with Crippen LogP contribution in [0.25, 0.3) is 0 Å². The molecule has 1 aromatic heterocycles. The molecule has 1 saturated heterocycles. The number of H-pyrrole nitrogens is 1. The Morgan fingerprint density at radius 1 is 1.40 bits per heavy atom.